The predicted molar refractivity (Wildman–Crippen MR) is 76.5 cm³/mol. The van der Waals surface area contributed by atoms with Crippen molar-refractivity contribution >= 4 is 0 Å². The molecule has 0 bridgehead atoms. The number of rotatable bonds is 8. The lowest BCUT2D eigenvalue weighted by molar-refractivity contribution is 0.141. The van der Waals surface area contributed by atoms with Crippen LogP contribution in [0.15, 0.2) is 30.3 Å². The topological polar surface area (TPSA) is 58.3 Å². The number of aliphatic hydroxyl groups excluding tert-OH is 1. The van der Waals surface area contributed by atoms with Gasteiger partial charge in [-0.15, -0.1) is 0 Å². The number of aliphatic hydroxyl groups is 1. The van der Waals surface area contributed by atoms with E-state index in [9.17, 15) is 5.11 Å². The molecule has 0 heterocycles. The monoisotopic (exact) mass is 250 g/mol. The summed E-state index contributed by atoms with van der Waals surface area (Å²) in [7, 11) is 0. The van der Waals surface area contributed by atoms with Crippen LogP contribution in [0, 0.1) is 5.92 Å². The number of hydrogen-bond donors (Lipinski definition) is 3. The zero-order valence-corrected chi connectivity index (χ0v) is 11.5. The maximum absolute atomic E-state index is 9.96. The second-order valence-corrected chi connectivity index (χ2v) is 5.31. The van der Waals surface area contributed by atoms with Crippen LogP contribution in [-0.2, 0) is 6.42 Å². The molecule has 0 aliphatic heterocycles. The van der Waals surface area contributed by atoms with E-state index in [1.807, 2.05) is 30.3 Å². The van der Waals surface area contributed by atoms with Gasteiger partial charge in [0.25, 0.3) is 0 Å². The van der Waals surface area contributed by atoms with Crippen molar-refractivity contribution in [1.29, 1.82) is 0 Å². The lowest BCUT2D eigenvalue weighted by Crippen LogP contribution is -2.43. The van der Waals surface area contributed by atoms with Crippen LogP contribution in [-0.4, -0.2) is 30.3 Å². The van der Waals surface area contributed by atoms with Crippen LogP contribution in [0.5, 0.6) is 0 Å². The first-order valence-corrected chi connectivity index (χ1v) is 6.78. The highest BCUT2D eigenvalue weighted by molar-refractivity contribution is 5.16. The minimum Gasteiger partial charge on any atom is -0.390 e. The third kappa shape index (κ3) is 6.15. The van der Waals surface area contributed by atoms with E-state index in [0.717, 1.165) is 13.0 Å². The molecule has 102 valence electrons. The number of nitrogens with one attached hydrogen (secondary N) is 1. The van der Waals surface area contributed by atoms with Gasteiger partial charge in [0.1, 0.15) is 0 Å². The van der Waals surface area contributed by atoms with E-state index >= 15 is 0 Å². The molecule has 3 heteroatoms. The summed E-state index contributed by atoms with van der Waals surface area (Å²) >= 11 is 0. The Kier molecular flexibility index (Phi) is 6.94. The molecular formula is C15H26N2O. The van der Waals surface area contributed by atoms with E-state index in [2.05, 4.69) is 19.2 Å². The molecule has 0 aliphatic carbocycles. The maximum Gasteiger partial charge on any atom is 0.0818 e. The van der Waals surface area contributed by atoms with Crippen molar-refractivity contribution in [3.63, 3.8) is 0 Å². The lowest BCUT2D eigenvalue weighted by Gasteiger charge is -2.19. The standard InChI is InChI=1S/C15H26N2O/c1-12(2)8-9-17-11-15(18)14(16)10-13-6-4-3-5-7-13/h3-7,12,14-15,17-18H,8-11,16H2,1-2H3. The Morgan fingerprint density at radius 1 is 1.22 bits per heavy atom. The Balaban J connectivity index is 2.22. The molecule has 0 aromatic heterocycles. The van der Waals surface area contributed by atoms with Gasteiger partial charge in [-0.1, -0.05) is 44.2 Å². The molecule has 2 unspecified atom stereocenters. The second kappa shape index (κ2) is 8.25. The smallest absolute Gasteiger partial charge is 0.0818 e. The quantitative estimate of drug-likeness (QED) is 0.614. The van der Waals surface area contributed by atoms with Gasteiger partial charge >= 0.3 is 0 Å². The van der Waals surface area contributed by atoms with Crippen molar-refractivity contribution in [3.05, 3.63) is 35.9 Å². The Morgan fingerprint density at radius 3 is 2.50 bits per heavy atom. The van der Waals surface area contributed by atoms with Gasteiger partial charge in [-0.25, -0.2) is 0 Å². The molecule has 1 rings (SSSR count). The minimum atomic E-state index is -0.489. The minimum absolute atomic E-state index is 0.209. The molecule has 3 nitrogen and oxygen atoms in total. The highest BCUT2D eigenvalue weighted by Gasteiger charge is 2.14. The Bertz CT molecular complexity index is 314. The predicted octanol–water partition coefficient (Wildman–Crippen LogP) is 1.55. The number of hydrogen-bond acceptors (Lipinski definition) is 3. The van der Waals surface area contributed by atoms with Crippen LogP contribution in [0.25, 0.3) is 0 Å². The van der Waals surface area contributed by atoms with E-state index < -0.39 is 6.10 Å². The maximum atomic E-state index is 9.96. The van der Waals surface area contributed by atoms with Crippen molar-refractivity contribution in [2.45, 2.75) is 38.8 Å². The zero-order valence-electron chi connectivity index (χ0n) is 11.5. The molecule has 0 fully saturated rings. The summed E-state index contributed by atoms with van der Waals surface area (Å²) in [6.45, 7) is 5.89. The second-order valence-electron chi connectivity index (χ2n) is 5.31. The largest absolute Gasteiger partial charge is 0.390 e. The average molecular weight is 250 g/mol. The molecule has 2 atom stereocenters. The van der Waals surface area contributed by atoms with Crippen molar-refractivity contribution in [3.8, 4) is 0 Å². The van der Waals surface area contributed by atoms with Crippen LogP contribution >= 0.6 is 0 Å². The summed E-state index contributed by atoms with van der Waals surface area (Å²) in [5, 5.41) is 13.2. The normalized spacial score (nSPS) is 14.7. The number of benzene rings is 1. The highest BCUT2D eigenvalue weighted by atomic mass is 16.3. The van der Waals surface area contributed by atoms with Gasteiger partial charge in [0, 0.05) is 12.6 Å². The van der Waals surface area contributed by atoms with Gasteiger partial charge < -0.3 is 16.2 Å². The fourth-order valence-corrected chi connectivity index (χ4v) is 1.81. The van der Waals surface area contributed by atoms with Gasteiger partial charge in [0.05, 0.1) is 6.10 Å². The SMILES string of the molecule is CC(C)CCNCC(O)C(N)Cc1ccccc1. The lowest BCUT2D eigenvalue weighted by atomic mass is 10.0. The Morgan fingerprint density at radius 2 is 1.89 bits per heavy atom. The zero-order chi connectivity index (χ0) is 13.4. The molecule has 0 aliphatic rings. The third-order valence-corrected chi connectivity index (χ3v) is 3.06. The Hall–Kier alpha value is -0.900. The average Bonchev–Trinajstić information content (AvgIpc) is 2.35. The van der Waals surface area contributed by atoms with E-state index in [0.29, 0.717) is 18.9 Å². The number of nitrogens with two attached hydrogens (primary N) is 1. The Labute approximate surface area is 110 Å². The molecule has 4 N–H and O–H groups in total. The molecule has 18 heavy (non-hydrogen) atoms. The van der Waals surface area contributed by atoms with Crippen LogP contribution in [0.1, 0.15) is 25.8 Å². The van der Waals surface area contributed by atoms with Crippen LogP contribution in [0.2, 0.25) is 0 Å². The van der Waals surface area contributed by atoms with E-state index in [-0.39, 0.29) is 6.04 Å². The fraction of sp³-hybridized carbons (Fsp3) is 0.600. The third-order valence-electron chi connectivity index (χ3n) is 3.06. The van der Waals surface area contributed by atoms with Crippen LogP contribution in [0.4, 0.5) is 0 Å². The van der Waals surface area contributed by atoms with Gasteiger partial charge in [-0.2, -0.15) is 0 Å². The van der Waals surface area contributed by atoms with Crippen LogP contribution in [0.3, 0.4) is 0 Å². The molecule has 0 amide bonds. The molecule has 0 saturated heterocycles. The first-order chi connectivity index (χ1) is 8.59. The van der Waals surface area contributed by atoms with Crippen molar-refractivity contribution in [1.82, 2.24) is 5.32 Å². The van der Waals surface area contributed by atoms with Crippen molar-refractivity contribution in [2.24, 2.45) is 11.7 Å². The molecule has 1 aromatic carbocycles. The first-order valence-electron chi connectivity index (χ1n) is 6.78. The summed E-state index contributed by atoms with van der Waals surface area (Å²) < 4.78 is 0. The molecule has 1 aromatic rings. The van der Waals surface area contributed by atoms with Gasteiger partial charge in [-0.3, -0.25) is 0 Å². The van der Waals surface area contributed by atoms with E-state index in [1.54, 1.807) is 0 Å². The van der Waals surface area contributed by atoms with Gasteiger partial charge in [-0.05, 0) is 30.9 Å². The fourth-order valence-electron chi connectivity index (χ4n) is 1.81. The summed E-state index contributed by atoms with van der Waals surface area (Å²) in [4.78, 5) is 0. The summed E-state index contributed by atoms with van der Waals surface area (Å²) in [6.07, 6.45) is 1.35. The van der Waals surface area contributed by atoms with Gasteiger partial charge in [0.15, 0.2) is 0 Å². The summed E-state index contributed by atoms with van der Waals surface area (Å²) in [5.74, 6) is 0.688. The van der Waals surface area contributed by atoms with Crippen molar-refractivity contribution < 1.29 is 5.11 Å². The molecule has 0 saturated carbocycles. The first kappa shape index (κ1) is 15.2. The van der Waals surface area contributed by atoms with Crippen molar-refractivity contribution in [2.75, 3.05) is 13.1 Å². The van der Waals surface area contributed by atoms with Crippen LogP contribution < -0.4 is 11.1 Å². The van der Waals surface area contributed by atoms with Gasteiger partial charge in [0.2, 0.25) is 0 Å². The van der Waals surface area contributed by atoms with E-state index in [4.69, 9.17) is 5.73 Å². The summed E-state index contributed by atoms with van der Waals surface area (Å²) in [5.41, 5.74) is 7.17. The summed E-state index contributed by atoms with van der Waals surface area (Å²) in [6, 6.07) is 9.85. The molecular weight excluding hydrogens is 224 g/mol. The highest BCUT2D eigenvalue weighted by Crippen LogP contribution is 2.04. The molecule has 0 spiro atoms. The van der Waals surface area contributed by atoms with E-state index in [1.165, 1.54) is 5.56 Å². The molecule has 0 radical (unpaired) electrons.